The third-order valence-electron chi connectivity index (χ3n) is 4.71. The fourth-order valence-corrected chi connectivity index (χ4v) is 3.37. The van der Waals surface area contributed by atoms with Crippen LogP contribution in [0.3, 0.4) is 0 Å². The molecule has 1 heterocycles. The van der Waals surface area contributed by atoms with Crippen molar-refractivity contribution in [2.45, 2.75) is 50.8 Å². The molecule has 5 nitrogen and oxygen atoms in total. The van der Waals surface area contributed by atoms with Crippen molar-refractivity contribution < 1.29 is 5.11 Å². The van der Waals surface area contributed by atoms with Gasteiger partial charge < -0.3 is 16.2 Å². The van der Waals surface area contributed by atoms with Crippen molar-refractivity contribution in [2.24, 2.45) is 10.7 Å². The Labute approximate surface area is 132 Å². The van der Waals surface area contributed by atoms with E-state index in [1.165, 1.54) is 11.1 Å². The molecular weight excluding hydrogens is 276 g/mol. The van der Waals surface area contributed by atoms with E-state index < -0.39 is 0 Å². The van der Waals surface area contributed by atoms with Gasteiger partial charge in [0.15, 0.2) is 5.96 Å². The molecule has 3 rings (SSSR count). The molecule has 1 fully saturated rings. The Balaban J connectivity index is 1.51. The first kappa shape index (κ1) is 15.3. The van der Waals surface area contributed by atoms with Crippen molar-refractivity contribution in [1.29, 1.82) is 0 Å². The van der Waals surface area contributed by atoms with E-state index in [9.17, 15) is 5.11 Å². The first-order valence-corrected chi connectivity index (χ1v) is 8.26. The highest BCUT2D eigenvalue weighted by Crippen LogP contribution is 2.19. The summed E-state index contributed by atoms with van der Waals surface area (Å²) in [5.74, 6) is 0.449. The summed E-state index contributed by atoms with van der Waals surface area (Å²) >= 11 is 0. The molecule has 1 aromatic rings. The van der Waals surface area contributed by atoms with Gasteiger partial charge in [0.25, 0.3) is 0 Å². The summed E-state index contributed by atoms with van der Waals surface area (Å²) in [7, 11) is 0. The minimum Gasteiger partial charge on any atom is -0.391 e. The van der Waals surface area contributed by atoms with Gasteiger partial charge >= 0.3 is 0 Å². The van der Waals surface area contributed by atoms with Crippen molar-refractivity contribution >= 4 is 5.96 Å². The zero-order valence-corrected chi connectivity index (χ0v) is 13.0. The second-order valence-corrected chi connectivity index (χ2v) is 6.36. The number of nitrogens with two attached hydrogens (primary N) is 1. The minimum atomic E-state index is -0.302. The van der Waals surface area contributed by atoms with Gasteiger partial charge in [-0.1, -0.05) is 37.1 Å². The lowest BCUT2D eigenvalue weighted by Gasteiger charge is -2.29. The summed E-state index contributed by atoms with van der Waals surface area (Å²) in [6, 6.07) is 8.64. The number of rotatable bonds is 3. The molecule has 5 heteroatoms. The van der Waals surface area contributed by atoms with Crippen LogP contribution in [0.2, 0.25) is 0 Å². The second kappa shape index (κ2) is 7.11. The van der Waals surface area contributed by atoms with E-state index in [0.717, 1.165) is 45.2 Å². The Bertz CT molecular complexity index is 531. The van der Waals surface area contributed by atoms with E-state index >= 15 is 0 Å². The Morgan fingerprint density at radius 1 is 1.27 bits per heavy atom. The summed E-state index contributed by atoms with van der Waals surface area (Å²) < 4.78 is 0. The molecule has 0 bridgehead atoms. The molecule has 1 aliphatic carbocycles. The Morgan fingerprint density at radius 3 is 2.86 bits per heavy atom. The highest BCUT2D eigenvalue weighted by Gasteiger charge is 2.23. The fourth-order valence-electron chi connectivity index (χ4n) is 3.37. The van der Waals surface area contributed by atoms with Crippen LogP contribution < -0.4 is 11.1 Å². The quantitative estimate of drug-likeness (QED) is 0.579. The van der Waals surface area contributed by atoms with Gasteiger partial charge in [0.05, 0.1) is 18.8 Å². The van der Waals surface area contributed by atoms with Crippen LogP contribution in [0.15, 0.2) is 29.3 Å². The maximum absolute atomic E-state index is 9.96. The van der Waals surface area contributed by atoms with Gasteiger partial charge in [0.1, 0.15) is 0 Å². The van der Waals surface area contributed by atoms with Crippen LogP contribution in [0, 0.1) is 0 Å². The molecule has 22 heavy (non-hydrogen) atoms. The van der Waals surface area contributed by atoms with Crippen LogP contribution in [-0.4, -0.2) is 41.3 Å². The van der Waals surface area contributed by atoms with Gasteiger partial charge in [-0.05, 0) is 30.4 Å². The standard InChI is InChI=1S/C17H26N4O/c18-17(20-15-7-3-4-8-16(15)22)19-12-21-10-9-13-5-1-2-6-14(13)11-21/h1-2,5-6,15-16,22H,3-4,7-12H2,(H3,18,19,20). The van der Waals surface area contributed by atoms with Crippen LogP contribution >= 0.6 is 0 Å². The molecule has 0 radical (unpaired) electrons. The summed E-state index contributed by atoms with van der Waals surface area (Å²) in [4.78, 5) is 6.75. The van der Waals surface area contributed by atoms with Gasteiger partial charge in [0, 0.05) is 13.1 Å². The molecule has 0 spiro atoms. The average molecular weight is 302 g/mol. The van der Waals surface area contributed by atoms with E-state index in [0.29, 0.717) is 12.6 Å². The lowest BCUT2D eigenvalue weighted by atomic mass is 9.93. The SMILES string of the molecule is NC(=NCN1CCc2ccccc2C1)NC1CCCCC1O. The van der Waals surface area contributed by atoms with Crippen molar-refractivity contribution in [3.05, 3.63) is 35.4 Å². The Kier molecular flexibility index (Phi) is 4.95. The normalized spacial score (nSPS) is 26.5. The predicted molar refractivity (Wildman–Crippen MR) is 88.4 cm³/mol. The molecule has 1 aromatic carbocycles. The van der Waals surface area contributed by atoms with Crippen molar-refractivity contribution in [3.63, 3.8) is 0 Å². The Hall–Kier alpha value is -1.59. The van der Waals surface area contributed by atoms with E-state index in [2.05, 4.69) is 39.5 Å². The number of aliphatic hydroxyl groups excluding tert-OH is 1. The number of nitrogens with zero attached hydrogens (tertiary/aromatic N) is 2. The molecule has 2 atom stereocenters. The van der Waals surface area contributed by atoms with Gasteiger partial charge in [-0.25, -0.2) is 4.99 Å². The maximum Gasteiger partial charge on any atom is 0.190 e. The molecular formula is C17H26N4O. The van der Waals surface area contributed by atoms with Crippen LogP contribution in [0.5, 0.6) is 0 Å². The number of aliphatic hydroxyl groups is 1. The monoisotopic (exact) mass is 302 g/mol. The highest BCUT2D eigenvalue weighted by molar-refractivity contribution is 5.78. The van der Waals surface area contributed by atoms with Crippen LogP contribution in [-0.2, 0) is 13.0 Å². The van der Waals surface area contributed by atoms with E-state index in [-0.39, 0.29) is 12.1 Å². The summed E-state index contributed by atoms with van der Waals surface area (Å²) in [5.41, 5.74) is 8.81. The van der Waals surface area contributed by atoms with Crippen molar-refractivity contribution in [2.75, 3.05) is 13.2 Å². The van der Waals surface area contributed by atoms with Crippen LogP contribution in [0.25, 0.3) is 0 Å². The van der Waals surface area contributed by atoms with Gasteiger partial charge in [0.2, 0.25) is 0 Å². The largest absolute Gasteiger partial charge is 0.391 e. The van der Waals surface area contributed by atoms with Gasteiger partial charge in [-0.15, -0.1) is 0 Å². The highest BCUT2D eigenvalue weighted by atomic mass is 16.3. The van der Waals surface area contributed by atoms with E-state index in [1.54, 1.807) is 0 Å². The number of hydrogen-bond acceptors (Lipinski definition) is 3. The van der Waals surface area contributed by atoms with E-state index in [4.69, 9.17) is 5.73 Å². The average Bonchev–Trinajstić information content (AvgIpc) is 2.55. The number of benzene rings is 1. The zero-order chi connectivity index (χ0) is 15.4. The third-order valence-corrected chi connectivity index (χ3v) is 4.71. The number of guanidine groups is 1. The number of aliphatic imine (C=N–C) groups is 1. The molecule has 4 N–H and O–H groups in total. The van der Waals surface area contributed by atoms with Crippen LogP contribution in [0.1, 0.15) is 36.8 Å². The lowest BCUT2D eigenvalue weighted by molar-refractivity contribution is 0.0995. The number of hydrogen-bond donors (Lipinski definition) is 3. The smallest absolute Gasteiger partial charge is 0.190 e. The minimum absolute atomic E-state index is 0.0552. The number of nitrogens with one attached hydrogen (secondary N) is 1. The summed E-state index contributed by atoms with van der Waals surface area (Å²) in [5, 5.41) is 13.1. The second-order valence-electron chi connectivity index (χ2n) is 6.36. The maximum atomic E-state index is 9.96. The molecule has 0 amide bonds. The van der Waals surface area contributed by atoms with Crippen molar-refractivity contribution in [3.8, 4) is 0 Å². The van der Waals surface area contributed by atoms with Crippen LogP contribution in [0.4, 0.5) is 0 Å². The molecule has 1 aliphatic heterocycles. The first-order valence-electron chi connectivity index (χ1n) is 8.26. The van der Waals surface area contributed by atoms with E-state index in [1.807, 2.05) is 0 Å². The van der Waals surface area contributed by atoms with Crippen molar-refractivity contribution in [1.82, 2.24) is 10.2 Å². The third kappa shape index (κ3) is 3.78. The predicted octanol–water partition coefficient (Wildman–Crippen LogP) is 1.21. The molecule has 0 saturated heterocycles. The molecule has 0 aromatic heterocycles. The van der Waals surface area contributed by atoms with Gasteiger partial charge in [-0.2, -0.15) is 0 Å². The lowest BCUT2D eigenvalue weighted by Crippen LogP contribution is -2.48. The Morgan fingerprint density at radius 2 is 2.05 bits per heavy atom. The first-order chi connectivity index (χ1) is 10.7. The van der Waals surface area contributed by atoms with Gasteiger partial charge in [-0.3, -0.25) is 4.90 Å². The molecule has 2 unspecified atom stereocenters. The molecule has 1 saturated carbocycles. The molecule has 120 valence electrons. The summed E-state index contributed by atoms with van der Waals surface area (Å²) in [6.07, 6.45) is 4.83. The fraction of sp³-hybridized carbons (Fsp3) is 0.588. The zero-order valence-electron chi connectivity index (χ0n) is 13.0. The number of fused-ring (bicyclic) bond motifs is 1. The topological polar surface area (TPSA) is 73.9 Å². The summed E-state index contributed by atoms with van der Waals surface area (Å²) in [6.45, 7) is 2.55. The molecule has 2 aliphatic rings.